The number of carboxylic acids is 1. The lowest BCUT2D eigenvalue weighted by atomic mass is 9.86. The fraction of sp³-hybridized carbons (Fsp3) is 0.286. The Labute approximate surface area is 147 Å². The number of benzene rings is 2. The molecule has 3 aromatic rings. The number of carboxylic acid groups (broad SMARTS) is 1. The predicted molar refractivity (Wildman–Crippen MR) is 100 cm³/mol. The predicted octanol–water partition coefficient (Wildman–Crippen LogP) is 4.77. The van der Waals surface area contributed by atoms with Gasteiger partial charge in [-0.25, -0.2) is 0 Å². The molecule has 0 bridgehead atoms. The van der Waals surface area contributed by atoms with Gasteiger partial charge in [-0.1, -0.05) is 39.0 Å². The smallest absolute Gasteiger partial charge is 0.307 e. The number of H-pyrrole nitrogens is 1. The van der Waals surface area contributed by atoms with Crippen LogP contribution >= 0.6 is 0 Å². The molecule has 130 valence electrons. The van der Waals surface area contributed by atoms with Gasteiger partial charge in [0.15, 0.2) is 0 Å². The van der Waals surface area contributed by atoms with E-state index in [0.717, 1.165) is 33.5 Å². The van der Waals surface area contributed by atoms with Gasteiger partial charge in [0.05, 0.1) is 19.2 Å². The maximum absolute atomic E-state index is 11.5. The monoisotopic (exact) mass is 337 g/mol. The van der Waals surface area contributed by atoms with Crippen LogP contribution in [-0.4, -0.2) is 23.2 Å². The highest BCUT2D eigenvalue weighted by Crippen LogP contribution is 2.37. The van der Waals surface area contributed by atoms with Gasteiger partial charge in [-0.3, -0.25) is 4.79 Å². The van der Waals surface area contributed by atoms with Gasteiger partial charge in [-0.15, -0.1) is 0 Å². The number of ether oxygens (including phenoxy) is 1. The van der Waals surface area contributed by atoms with Crippen molar-refractivity contribution >= 4 is 16.9 Å². The minimum Gasteiger partial charge on any atom is -0.496 e. The van der Waals surface area contributed by atoms with Crippen LogP contribution in [0.3, 0.4) is 0 Å². The zero-order chi connectivity index (χ0) is 18.2. The van der Waals surface area contributed by atoms with Gasteiger partial charge in [0, 0.05) is 16.5 Å². The third-order valence-corrected chi connectivity index (χ3v) is 4.48. The van der Waals surface area contributed by atoms with E-state index in [1.165, 1.54) is 5.56 Å². The Morgan fingerprint density at radius 1 is 1.16 bits per heavy atom. The number of aliphatic carboxylic acids is 1. The molecular formula is C21H23NO3. The average Bonchev–Trinajstić information content (AvgIpc) is 2.91. The van der Waals surface area contributed by atoms with Crippen LogP contribution in [0.25, 0.3) is 22.2 Å². The van der Waals surface area contributed by atoms with Crippen LogP contribution < -0.4 is 4.74 Å². The van der Waals surface area contributed by atoms with Gasteiger partial charge in [0.25, 0.3) is 0 Å². The topological polar surface area (TPSA) is 62.3 Å². The fourth-order valence-corrected chi connectivity index (χ4v) is 3.13. The molecule has 1 aromatic heterocycles. The number of nitrogens with one attached hydrogen (secondary N) is 1. The van der Waals surface area contributed by atoms with E-state index >= 15 is 0 Å². The second-order valence-corrected chi connectivity index (χ2v) is 7.26. The van der Waals surface area contributed by atoms with Crippen molar-refractivity contribution in [2.75, 3.05) is 7.11 Å². The maximum Gasteiger partial charge on any atom is 0.307 e. The first-order chi connectivity index (χ1) is 11.8. The molecule has 4 nitrogen and oxygen atoms in total. The summed E-state index contributed by atoms with van der Waals surface area (Å²) in [6.45, 7) is 6.45. The van der Waals surface area contributed by atoms with Crippen LogP contribution in [-0.2, 0) is 16.6 Å². The minimum absolute atomic E-state index is 0.00342. The fourth-order valence-electron chi connectivity index (χ4n) is 3.13. The molecule has 0 aliphatic heterocycles. The molecule has 0 radical (unpaired) electrons. The van der Waals surface area contributed by atoms with E-state index in [1.54, 1.807) is 7.11 Å². The van der Waals surface area contributed by atoms with Crippen molar-refractivity contribution in [1.29, 1.82) is 0 Å². The van der Waals surface area contributed by atoms with Crippen LogP contribution in [0.15, 0.2) is 42.5 Å². The maximum atomic E-state index is 11.5. The number of hydrogen-bond acceptors (Lipinski definition) is 2. The molecule has 0 aliphatic carbocycles. The Morgan fingerprint density at radius 2 is 1.88 bits per heavy atom. The van der Waals surface area contributed by atoms with E-state index < -0.39 is 5.97 Å². The molecule has 0 amide bonds. The summed E-state index contributed by atoms with van der Waals surface area (Å²) in [7, 11) is 1.62. The molecule has 1 heterocycles. The van der Waals surface area contributed by atoms with E-state index in [-0.39, 0.29) is 11.8 Å². The number of rotatable bonds is 4. The van der Waals surface area contributed by atoms with Gasteiger partial charge >= 0.3 is 5.97 Å². The summed E-state index contributed by atoms with van der Waals surface area (Å²) in [6.07, 6.45) is -0.0407. The van der Waals surface area contributed by atoms with Crippen LogP contribution in [0.2, 0.25) is 0 Å². The highest BCUT2D eigenvalue weighted by atomic mass is 16.5. The summed E-state index contributed by atoms with van der Waals surface area (Å²) in [5.74, 6) is -0.130. The quantitative estimate of drug-likeness (QED) is 0.721. The Balaban J connectivity index is 2.30. The van der Waals surface area contributed by atoms with Crippen molar-refractivity contribution in [2.45, 2.75) is 32.6 Å². The first-order valence-corrected chi connectivity index (χ1v) is 8.31. The van der Waals surface area contributed by atoms with Crippen LogP contribution in [0.4, 0.5) is 0 Å². The first-order valence-electron chi connectivity index (χ1n) is 8.31. The second kappa shape index (κ2) is 6.28. The number of methoxy groups -OCH3 is 1. The third kappa shape index (κ3) is 3.25. The lowest BCUT2D eigenvalue weighted by molar-refractivity contribution is -0.136. The molecule has 0 spiro atoms. The molecule has 0 saturated heterocycles. The van der Waals surface area contributed by atoms with Crippen LogP contribution in [0.1, 0.15) is 31.9 Å². The Kier molecular flexibility index (Phi) is 4.29. The van der Waals surface area contributed by atoms with Gasteiger partial charge in [-0.05, 0) is 40.8 Å². The standard InChI is InChI=1S/C21H23NO3/c1-21(2,3)13-9-10-17-15(11-13)16(12-19(23)24)20(22-17)14-7-5-6-8-18(14)25-4/h5-11,22H,12H2,1-4H3,(H,23,24). The Bertz CT molecular complexity index is 932. The van der Waals surface area contributed by atoms with E-state index in [2.05, 4.69) is 37.9 Å². The number of hydrogen-bond donors (Lipinski definition) is 2. The summed E-state index contributed by atoms with van der Waals surface area (Å²) >= 11 is 0. The average molecular weight is 337 g/mol. The number of aromatic nitrogens is 1. The number of aromatic amines is 1. The van der Waals surface area contributed by atoms with Crippen molar-refractivity contribution in [1.82, 2.24) is 4.98 Å². The van der Waals surface area contributed by atoms with E-state index in [4.69, 9.17) is 4.74 Å². The SMILES string of the molecule is COc1ccccc1-c1[nH]c2ccc(C(C)(C)C)cc2c1CC(=O)O. The largest absolute Gasteiger partial charge is 0.496 e. The second-order valence-electron chi connectivity index (χ2n) is 7.26. The molecule has 0 aliphatic rings. The van der Waals surface area contributed by atoms with Crippen molar-refractivity contribution in [2.24, 2.45) is 0 Å². The summed E-state index contributed by atoms with van der Waals surface area (Å²) in [4.78, 5) is 14.9. The minimum atomic E-state index is -0.849. The van der Waals surface area contributed by atoms with Gasteiger partial charge in [0.1, 0.15) is 5.75 Å². The summed E-state index contributed by atoms with van der Waals surface area (Å²) in [6, 6.07) is 13.9. The van der Waals surface area contributed by atoms with E-state index in [9.17, 15) is 9.90 Å². The van der Waals surface area contributed by atoms with E-state index in [0.29, 0.717) is 0 Å². The highest BCUT2D eigenvalue weighted by Gasteiger charge is 2.21. The zero-order valence-electron chi connectivity index (χ0n) is 15.0. The summed E-state index contributed by atoms with van der Waals surface area (Å²) in [5, 5.41) is 10.4. The Morgan fingerprint density at radius 3 is 2.52 bits per heavy atom. The normalized spacial score (nSPS) is 11.7. The van der Waals surface area contributed by atoms with Gasteiger partial charge < -0.3 is 14.8 Å². The van der Waals surface area contributed by atoms with E-state index in [1.807, 2.05) is 30.3 Å². The molecule has 0 unspecified atom stereocenters. The van der Waals surface area contributed by atoms with Gasteiger partial charge in [0.2, 0.25) is 0 Å². The molecule has 0 saturated carbocycles. The summed E-state index contributed by atoms with van der Waals surface area (Å²) in [5.41, 5.74) is 4.58. The first kappa shape index (κ1) is 17.1. The number of fused-ring (bicyclic) bond motifs is 1. The van der Waals surface area contributed by atoms with Crippen molar-refractivity contribution in [3.8, 4) is 17.0 Å². The summed E-state index contributed by atoms with van der Waals surface area (Å²) < 4.78 is 5.47. The van der Waals surface area contributed by atoms with Crippen LogP contribution in [0, 0.1) is 0 Å². The third-order valence-electron chi connectivity index (χ3n) is 4.48. The lowest BCUT2D eigenvalue weighted by Gasteiger charge is -2.19. The van der Waals surface area contributed by atoms with Crippen molar-refractivity contribution in [3.05, 3.63) is 53.6 Å². The van der Waals surface area contributed by atoms with Crippen LogP contribution in [0.5, 0.6) is 5.75 Å². The molecule has 3 rings (SSSR count). The molecule has 0 atom stereocenters. The molecule has 2 aromatic carbocycles. The number of carbonyl (C=O) groups is 1. The molecular weight excluding hydrogens is 314 g/mol. The van der Waals surface area contributed by atoms with Gasteiger partial charge in [-0.2, -0.15) is 0 Å². The highest BCUT2D eigenvalue weighted by molar-refractivity contribution is 5.95. The number of para-hydroxylation sites is 1. The van der Waals surface area contributed by atoms with Crippen molar-refractivity contribution in [3.63, 3.8) is 0 Å². The molecule has 0 fully saturated rings. The molecule has 2 N–H and O–H groups in total. The molecule has 25 heavy (non-hydrogen) atoms. The molecule has 4 heteroatoms. The zero-order valence-corrected chi connectivity index (χ0v) is 15.0. The Hall–Kier alpha value is -2.75. The van der Waals surface area contributed by atoms with Crippen molar-refractivity contribution < 1.29 is 14.6 Å². The lowest BCUT2D eigenvalue weighted by Crippen LogP contribution is -2.10.